The lowest BCUT2D eigenvalue weighted by atomic mass is 10.00. The SMILES string of the molecule is Clc1cccnc1NC1CC2CCC(C1)N2. The van der Waals surface area contributed by atoms with E-state index in [1.54, 1.807) is 6.20 Å². The zero-order chi connectivity index (χ0) is 11.0. The van der Waals surface area contributed by atoms with Gasteiger partial charge in [0.25, 0.3) is 0 Å². The Morgan fingerprint density at radius 1 is 1.31 bits per heavy atom. The van der Waals surface area contributed by atoms with Gasteiger partial charge in [0.2, 0.25) is 0 Å². The third kappa shape index (κ3) is 2.02. The van der Waals surface area contributed by atoms with Gasteiger partial charge in [0, 0.05) is 24.3 Å². The number of nitrogens with one attached hydrogen (secondary N) is 2. The van der Waals surface area contributed by atoms with E-state index in [4.69, 9.17) is 11.6 Å². The van der Waals surface area contributed by atoms with Crippen LogP contribution in [0.5, 0.6) is 0 Å². The first-order chi connectivity index (χ1) is 7.81. The van der Waals surface area contributed by atoms with Gasteiger partial charge in [0.15, 0.2) is 0 Å². The van der Waals surface area contributed by atoms with Crippen LogP contribution < -0.4 is 10.6 Å². The molecule has 0 amide bonds. The van der Waals surface area contributed by atoms with Gasteiger partial charge in [-0.25, -0.2) is 4.98 Å². The van der Waals surface area contributed by atoms with Crippen molar-refractivity contribution < 1.29 is 0 Å². The third-order valence-corrected chi connectivity index (χ3v) is 3.88. The molecule has 86 valence electrons. The number of aromatic nitrogens is 1. The molecule has 2 aliphatic heterocycles. The van der Waals surface area contributed by atoms with Crippen molar-refractivity contribution in [2.45, 2.75) is 43.8 Å². The molecule has 3 nitrogen and oxygen atoms in total. The highest BCUT2D eigenvalue weighted by Crippen LogP contribution is 2.29. The van der Waals surface area contributed by atoms with E-state index in [9.17, 15) is 0 Å². The molecule has 1 aromatic rings. The summed E-state index contributed by atoms with van der Waals surface area (Å²) in [4.78, 5) is 4.28. The molecule has 0 aromatic carbocycles. The maximum atomic E-state index is 6.09. The largest absolute Gasteiger partial charge is 0.366 e. The summed E-state index contributed by atoms with van der Waals surface area (Å²) >= 11 is 6.09. The van der Waals surface area contributed by atoms with Crippen LogP contribution in [-0.4, -0.2) is 23.1 Å². The number of fused-ring (bicyclic) bond motifs is 2. The minimum absolute atomic E-state index is 0.520. The van der Waals surface area contributed by atoms with E-state index in [1.807, 2.05) is 12.1 Å². The lowest BCUT2D eigenvalue weighted by molar-refractivity contribution is 0.377. The Labute approximate surface area is 101 Å². The molecule has 0 saturated carbocycles. The van der Waals surface area contributed by atoms with Crippen molar-refractivity contribution in [2.75, 3.05) is 5.32 Å². The Balaban J connectivity index is 1.69. The van der Waals surface area contributed by atoms with Gasteiger partial charge in [-0.05, 0) is 37.8 Å². The third-order valence-electron chi connectivity index (χ3n) is 3.57. The van der Waals surface area contributed by atoms with E-state index < -0.39 is 0 Å². The molecule has 3 rings (SSSR count). The molecule has 0 radical (unpaired) electrons. The van der Waals surface area contributed by atoms with Gasteiger partial charge in [0.1, 0.15) is 5.82 Å². The summed E-state index contributed by atoms with van der Waals surface area (Å²) in [6.07, 6.45) is 6.79. The highest BCUT2D eigenvalue weighted by Gasteiger charge is 2.33. The van der Waals surface area contributed by atoms with Crippen molar-refractivity contribution in [1.82, 2.24) is 10.3 Å². The van der Waals surface area contributed by atoms with Crippen LogP contribution in [0.25, 0.3) is 0 Å². The summed E-state index contributed by atoms with van der Waals surface area (Å²) in [6, 6.07) is 5.65. The molecule has 16 heavy (non-hydrogen) atoms. The van der Waals surface area contributed by atoms with Gasteiger partial charge in [-0.1, -0.05) is 11.6 Å². The molecule has 0 aliphatic carbocycles. The fourth-order valence-electron chi connectivity index (χ4n) is 2.86. The molecule has 2 aliphatic rings. The van der Waals surface area contributed by atoms with E-state index in [2.05, 4.69) is 15.6 Å². The van der Waals surface area contributed by atoms with E-state index in [0.717, 1.165) is 5.82 Å². The van der Waals surface area contributed by atoms with Crippen molar-refractivity contribution in [1.29, 1.82) is 0 Å². The number of anilines is 1. The lowest BCUT2D eigenvalue weighted by Gasteiger charge is -2.30. The molecule has 0 spiro atoms. The molecule has 2 fully saturated rings. The predicted molar refractivity (Wildman–Crippen MR) is 65.8 cm³/mol. The fraction of sp³-hybridized carbons (Fsp3) is 0.583. The van der Waals surface area contributed by atoms with Gasteiger partial charge in [-0.3, -0.25) is 0 Å². The topological polar surface area (TPSA) is 37.0 Å². The van der Waals surface area contributed by atoms with Gasteiger partial charge < -0.3 is 10.6 Å². The summed E-state index contributed by atoms with van der Waals surface area (Å²) in [6.45, 7) is 0. The standard InChI is InChI=1S/C12H16ClN3/c13-11-2-1-5-14-12(11)16-10-6-8-3-4-9(7-10)15-8/h1-2,5,8-10,15H,3-4,6-7H2,(H,14,16). The Kier molecular flexibility index (Phi) is 2.74. The number of nitrogens with zero attached hydrogens (tertiary/aromatic N) is 1. The van der Waals surface area contributed by atoms with Crippen LogP contribution in [0, 0.1) is 0 Å². The first kappa shape index (κ1) is 10.4. The van der Waals surface area contributed by atoms with Crippen LogP contribution in [0.2, 0.25) is 5.02 Å². The summed E-state index contributed by atoms with van der Waals surface area (Å²) < 4.78 is 0. The second-order valence-electron chi connectivity index (χ2n) is 4.78. The molecule has 3 heterocycles. The summed E-state index contributed by atoms with van der Waals surface area (Å²) in [5.74, 6) is 0.829. The van der Waals surface area contributed by atoms with Crippen molar-refractivity contribution in [3.63, 3.8) is 0 Å². The average Bonchev–Trinajstić information content (AvgIpc) is 2.62. The van der Waals surface area contributed by atoms with Crippen LogP contribution in [0.1, 0.15) is 25.7 Å². The quantitative estimate of drug-likeness (QED) is 0.830. The Morgan fingerprint density at radius 3 is 2.75 bits per heavy atom. The maximum absolute atomic E-state index is 6.09. The molecule has 2 unspecified atom stereocenters. The van der Waals surface area contributed by atoms with Crippen LogP contribution >= 0.6 is 11.6 Å². The number of halogens is 1. The van der Waals surface area contributed by atoms with Crippen molar-refractivity contribution >= 4 is 17.4 Å². The van der Waals surface area contributed by atoms with E-state index >= 15 is 0 Å². The van der Waals surface area contributed by atoms with E-state index in [1.165, 1.54) is 25.7 Å². The van der Waals surface area contributed by atoms with E-state index in [0.29, 0.717) is 23.1 Å². The molecular weight excluding hydrogens is 222 g/mol. The van der Waals surface area contributed by atoms with Gasteiger partial charge in [-0.2, -0.15) is 0 Å². The highest BCUT2D eigenvalue weighted by atomic mass is 35.5. The number of hydrogen-bond acceptors (Lipinski definition) is 3. The van der Waals surface area contributed by atoms with Crippen LogP contribution in [0.15, 0.2) is 18.3 Å². The number of pyridine rings is 1. The second kappa shape index (κ2) is 4.22. The van der Waals surface area contributed by atoms with Crippen molar-refractivity contribution in [3.05, 3.63) is 23.4 Å². The van der Waals surface area contributed by atoms with Crippen LogP contribution in [0.3, 0.4) is 0 Å². The summed E-state index contributed by atoms with van der Waals surface area (Å²) in [5, 5.41) is 7.81. The van der Waals surface area contributed by atoms with Gasteiger partial charge >= 0.3 is 0 Å². The molecule has 2 saturated heterocycles. The molecule has 2 N–H and O–H groups in total. The normalized spacial score (nSPS) is 32.7. The first-order valence-corrected chi connectivity index (χ1v) is 6.32. The fourth-order valence-corrected chi connectivity index (χ4v) is 3.04. The first-order valence-electron chi connectivity index (χ1n) is 5.94. The minimum atomic E-state index is 0.520. The number of piperidine rings is 1. The van der Waals surface area contributed by atoms with E-state index in [-0.39, 0.29) is 0 Å². The van der Waals surface area contributed by atoms with Crippen LogP contribution in [0.4, 0.5) is 5.82 Å². The highest BCUT2D eigenvalue weighted by molar-refractivity contribution is 6.32. The predicted octanol–water partition coefficient (Wildman–Crippen LogP) is 2.43. The smallest absolute Gasteiger partial charge is 0.144 e. The number of hydrogen-bond donors (Lipinski definition) is 2. The summed E-state index contributed by atoms with van der Waals surface area (Å²) in [7, 11) is 0. The van der Waals surface area contributed by atoms with Gasteiger partial charge in [-0.15, -0.1) is 0 Å². The Morgan fingerprint density at radius 2 is 2.06 bits per heavy atom. The molecule has 2 atom stereocenters. The monoisotopic (exact) mass is 237 g/mol. The zero-order valence-electron chi connectivity index (χ0n) is 9.12. The zero-order valence-corrected chi connectivity index (χ0v) is 9.87. The lowest BCUT2D eigenvalue weighted by Crippen LogP contribution is -2.43. The molecule has 1 aromatic heterocycles. The van der Waals surface area contributed by atoms with Crippen molar-refractivity contribution in [3.8, 4) is 0 Å². The maximum Gasteiger partial charge on any atom is 0.144 e. The minimum Gasteiger partial charge on any atom is -0.366 e. The van der Waals surface area contributed by atoms with Crippen LogP contribution in [-0.2, 0) is 0 Å². The molecular formula is C12H16ClN3. The Hall–Kier alpha value is -0.800. The summed E-state index contributed by atoms with van der Waals surface area (Å²) in [5.41, 5.74) is 0. The molecule has 2 bridgehead atoms. The average molecular weight is 238 g/mol. The van der Waals surface area contributed by atoms with Crippen molar-refractivity contribution in [2.24, 2.45) is 0 Å². The molecule has 4 heteroatoms. The van der Waals surface area contributed by atoms with Gasteiger partial charge in [0.05, 0.1) is 5.02 Å². The second-order valence-corrected chi connectivity index (χ2v) is 5.19. The number of rotatable bonds is 2. The Bertz CT molecular complexity index is 370.